The summed E-state index contributed by atoms with van der Waals surface area (Å²) in [4.78, 5) is 14.9. The van der Waals surface area contributed by atoms with Gasteiger partial charge < -0.3 is 0 Å². The molecule has 0 saturated heterocycles. The van der Waals surface area contributed by atoms with Crippen molar-refractivity contribution in [2.24, 2.45) is 0 Å². The van der Waals surface area contributed by atoms with Gasteiger partial charge in [0.15, 0.2) is 17.5 Å². The van der Waals surface area contributed by atoms with Gasteiger partial charge in [0.05, 0.1) is 17.0 Å². The first kappa shape index (κ1) is 30.1. The van der Waals surface area contributed by atoms with Gasteiger partial charge in [0.2, 0.25) is 0 Å². The van der Waals surface area contributed by atoms with Gasteiger partial charge in [0.25, 0.3) is 0 Å². The van der Waals surface area contributed by atoms with Crippen molar-refractivity contribution < 1.29 is 0 Å². The fourth-order valence-electron chi connectivity index (χ4n) is 7.68. The summed E-state index contributed by atoms with van der Waals surface area (Å²) in [6.07, 6.45) is 0. The second kappa shape index (κ2) is 12.5. The van der Waals surface area contributed by atoms with Gasteiger partial charge in [0, 0.05) is 22.3 Å². The molecule has 1 aliphatic carbocycles. The molecule has 51 heavy (non-hydrogen) atoms. The number of aromatic nitrogens is 3. The van der Waals surface area contributed by atoms with Gasteiger partial charge in [-0.15, -0.1) is 0 Å². The van der Waals surface area contributed by atoms with E-state index in [4.69, 9.17) is 15.0 Å². The molecule has 8 aromatic rings. The fraction of sp³-hybridized carbons (Fsp3) is 0.0213. The quantitative estimate of drug-likeness (QED) is 0.180. The summed E-state index contributed by atoms with van der Waals surface area (Å²) >= 11 is 0. The molecule has 0 aliphatic heterocycles. The Hall–Kier alpha value is -6.96. The minimum absolute atomic E-state index is 0.596. The van der Waals surface area contributed by atoms with Crippen LogP contribution in [0, 0.1) is 11.3 Å². The lowest BCUT2D eigenvalue weighted by Crippen LogP contribution is -2.28. The van der Waals surface area contributed by atoms with E-state index in [1.54, 1.807) is 0 Å². The molecule has 0 fully saturated rings. The molecule has 0 atom stereocenters. The smallest absolute Gasteiger partial charge is 0.164 e. The molecular formula is C47H30N4. The van der Waals surface area contributed by atoms with Gasteiger partial charge in [0.1, 0.15) is 0 Å². The molecule has 0 unspecified atom stereocenters. The first-order valence-electron chi connectivity index (χ1n) is 17.0. The van der Waals surface area contributed by atoms with Crippen LogP contribution in [0.2, 0.25) is 0 Å². The molecule has 7 aromatic carbocycles. The van der Waals surface area contributed by atoms with Gasteiger partial charge in [-0.2, -0.15) is 5.26 Å². The van der Waals surface area contributed by atoms with E-state index in [-0.39, 0.29) is 0 Å². The SMILES string of the molecule is N#Cc1cccc2c1-c1c(-c3cccc(-c4nc(-c5ccccc5)nc(-c5ccccc5)n4)c3)cccc1C2(c1ccccc1)c1ccccc1. The highest BCUT2D eigenvalue weighted by atomic mass is 15.0. The van der Waals surface area contributed by atoms with E-state index in [1.807, 2.05) is 72.8 Å². The van der Waals surface area contributed by atoms with Crippen molar-refractivity contribution >= 4 is 0 Å². The molecule has 1 aromatic heterocycles. The van der Waals surface area contributed by atoms with Crippen molar-refractivity contribution in [3.63, 3.8) is 0 Å². The lowest BCUT2D eigenvalue weighted by Gasteiger charge is -2.34. The summed E-state index contributed by atoms with van der Waals surface area (Å²) in [5, 5.41) is 10.6. The Balaban J connectivity index is 1.29. The second-order valence-electron chi connectivity index (χ2n) is 12.7. The number of hydrogen-bond donors (Lipinski definition) is 0. The van der Waals surface area contributed by atoms with Crippen molar-refractivity contribution in [3.05, 3.63) is 210 Å². The van der Waals surface area contributed by atoms with Crippen molar-refractivity contribution in [3.8, 4) is 62.5 Å². The first-order chi connectivity index (χ1) is 25.3. The van der Waals surface area contributed by atoms with Crippen molar-refractivity contribution in [1.82, 2.24) is 15.0 Å². The summed E-state index contributed by atoms with van der Waals surface area (Å²) in [7, 11) is 0. The highest BCUT2D eigenvalue weighted by molar-refractivity contribution is 5.98. The summed E-state index contributed by atoms with van der Waals surface area (Å²) < 4.78 is 0. The number of nitrogens with zero attached hydrogens (tertiary/aromatic N) is 4. The van der Waals surface area contributed by atoms with E-state index < -0.39 is 5.41 Å². The Morgan fingerprint density at radius 1 is 0.392 bits per heavy atom. The average molecular weight is 651 g/mol. The molecule has 0 radical (unpaired) electrons. The zero-order chi connectivity index (χ0) is 34.2. The van der Waals surface area contributed by atoms with E-state index in [1.165, 1.54) is 0 Å². The zero-order valence-corrected chi connectivity index (χ0v) is 27.6. The minimum atomic E-state index is -0.614. The molecule has 238 valence electrons. The molecule has 9 rings (SSSR count). The second-order valence-corrected chi connectivity index (χ2v) is 12.7. The summed E-state index contributed by atoms with van der Waals surface area (Å²) in [5.41, 5.74) is 11.5. The number of fused-ring (bicyclic) bond motifs is 3. The molecule has 1 aliphatic rings. The highest BCUT2D eigenvalue weighted by Crippen LogP contribution is 2.59. The maximum absolute atomic E-state index is 10.6. The Morgan fingerprint density at radius 3 is 1.37 bits per heavy atom. The Labute approximate surface area is 297 Å². The molecule has 0 saturated carbocycles. The lowest BCUT2D eigenvalue weighted by atomic mass is 9.67. The van der Waals surface area contributed by atoms with Gasteiger partial charge in [-0.05, 0) is 51.1 Å². The van der Waals surface area contributed by atoms with Crippen molar-refractivity contribution in [2.75, 3.05) is 0 Å². The van der Waals surface area contributed by atoms with Crippen LogP contribution in [-0.2, 0) is 5.41 Å². The Bertz CT molecular complexity index is 2480. The maximum atomic E-state index is 10.6. The number of rotatable bonds is 6. The number of hydrogen-bond acceptors (Lipinski definition) is 4. The summed E-state index contributed by atoms with van der Waals surface area (Å²) in [5.74, 6) is 1.83. The third-order valence-corrected chi connectivity index (χ3v) is 9.85. The van der Waals surface area contributed by atoms with Crippen LogP contribution in [0.1, 0.15) is 27.8 Å². The van der Waals surface area contributed by atoms with Crippen LogP contribution in [0.5, 0.6) is 0 Å². The maximum Gasteiger partial charge on any atom is 0.164 e. The van der Waals surface area contributed by atoms with Crippen LogP contribution in [0.4, 0.5) is 0 Å². The third kappa shape index (κ3) is 4.95. The van der Waals surface area contributed by atoms with E-state index >= 15 is 0 Å². The van der Waals surface area contributed by atoms with E-state index in [9.17, 15) is 5.26 Å². The number of benzene rings is 7. The standard InChI is InChI=1S/C47H30N4/c48-31-36-22-14-28-40-42(36)43-39(27-15-29-41(43)47(40,37-23-9-3-10-24-37)38-25-11-4-12-26-38)34-20-13-21-35(30-34)46-50-44(32-16-5-1-6-17-32)49-45(51-46)33-18-7-2-8-19-33/h1-30H. The predicted octanol–water partition coefficient (Wildman–Crippen LogP) is 10.8. The van der Waals surface area contributed by atoms with Crippen LogP contribution in [0.3, 0.4) is 0 Å². The molecule has 4 nitrogen and oxygen atoms in total. The lowest BCUT2D eigenvalue weighted by molar-refractivity contribution is 0.768. The fourth-order valence-corrected chi connectivity index (χ4v) is 7.68. The molecule has 0 bridgehead atoms. The van der Waals surface area contributed by atoms with E-state index in [2.05, 4.69) is 115 Å². The average Bonchev–Trinajstić information content (AvgIpc) is 3.53. The molecule has 4 heteroatoms. The van der Waals surface area contributed by atoms with Crippen LogP contribution < -0.4 is 0 Å². The van der Waals surface area contributed by atoms with Crippen molar-refractivity contribution in [2.45, 2.75) is 5.41 Å². The van der Waals surface area contributed by atoms with Crippen LogP contribution in [-0.4, -0.2) is 15.0 Å². The topological polar surface area (TPSA) is 62.5 Å². The Kier molecular flexibility index (Phi) is 7.38. The molecular weight excluding hydrogens is 621 g/mol. The normalized spacial score (nSPS) is 12.5. The monoisotopic (exact) mass is 650 g/mol. The summed E-state index contributed by atoms with van der Waals surface area (Å²) in [6.45, 7) is 0. The van der Waals surface area contributed by atoms with Gasteiger partial charge in [-0.25, -0.2) is 15.0 Å². The zero-order valence-electron chi connectivity index (χ0n) is 27.6. The molecule has 0 spiro atoms. The van der Waals surface area contributed by atoms with Crippen molar-refractivity contribution in [1.29, 1.82) is 5.26 Å². The van der Waals surface area contributed by atoms with Gasteiger partial charge in [-0.3, -0.25) is 0 Å². The first-order valence-corrected chi connectivity index (χ1v) is 17.0. The van der Waals surface area contributed by atoms with Gasteiger partial charge in [-0.1, -0.05) is 170 Å². The van der Waals surface area contributed by atoms with Gasteiger partial charge >= 0.3 is 0 Å². The largest absolute Gasteiger partial charge is 0.208 e. The third-order valence-electron chi connectivity index (χ3n) is 9.85. The van der Waals surface area contributed by atoms with Crippen LogP contribution >= 0.6 is 0 Å². The van der Waals surface area contributed by atoms with Crippen LogP contribution in [0.15, 0.2) is 182 Å². The minimum Gasteiger partial charge on any atom is -0.208 e. The van der Waals surface area contributed by atoms with E-state index in [0.29, 0.717) is 23.0 Å². The Morgan fingerprint density at radius 2 is 0.824 bits per heavy atom. The van der Waals surface area contributed by atoms with Crippen LogP contribution in [0.25, 0.3) is 56.4 Å². The van der Waals surface area contributed by atoms with E-state index in [0.717, 1.165) is 61.2 Å². The molecule has 0 amide bonds. The molecule has 0 N–H and O–H groups in total. The summed E-state index contributed by atoms with van der Waals surface area (Å²) in [6, 6.07) is 65.0. The number of nitriles is 1. The highest BCUT2D eigenvalue weighted by Gasteiger charge is 2.47. The predicted molar refractivity (Wildman–Crippen MR) is 204 cm³/mol. The molecule has 1 heterocycles.